The number of hydrogen-bond acceptors (Lipinski definition) is 6. The molecular weight excluding hydrogens is 457 g/mol. The summed E-state index contributed by atoms with van der Waals surface area (Å²) in [6.07, 6.45) is 5.02. The predicted molar refractivity (Wildman–Crippen MR) is 135 cm³/mol. The number of anilines is 2. The summed E-state index contributed by atoms with van der Waals surface area (Å²) in [6, 6.07) is 16.6. The molecule has 0 atom stereocenters. The second kappa shape index (κ2) is 9.67. The molecule has 1 N–H and O–H groups in total. The first-order valence-corrected chi connectivity index (χ1v) is 11.1. The lowest BCUT2D eigenvalue weighted by Gasteiger charge is -2.19. The van der Waals surface area contributed by atoms with Crippen LogP contribution in [0.1, 0.15) is 16.9 Å². The minimum absolute atomic E-state index is 0. The zero-order valence-electron chi connectivity index (χ0n) is 17.9. The Labute approximate surface area is 201 Å². The molecule has 0 fully saturated rings. The molecule has 0 amide bonds. The number of halogens is 2. The van der Waals surface area contributed by atoms with Gasteiger partial charge < -0.3 is 10.2 Å². The van der Waals surface area contributed by atoms with Crippen LogP contribution in [0.4, 0.5) is 15.2 Å². The second-order valence-electron chi connectivity index (χ2n) is 7.60. The van der Waals surface area contributed by atoms with E-state index < -0.39 is 0 Å². The molecule has 0 saturated heterocycles. The maximum Gasteiger partial charge on any atom is 0.191 e. The molecule has 5 rings (SSSR count). The van der Waals surface area contributed by atoms with Crippen molar-refractivity contribution in [1.82, 2.24) is 15.3 Å². The van der Waals surface area contributed by atoms with Crippen molar-refractivity contribution in [3.05, 3.63) is 77.1 Å². The van der Waals surface area contributed by atoms with Crippen LogP contribution in [-0.2, 0) is 0 Å². The molecule has 166 valence electrons. The zero-order chi connectivity index (χ0) is 22.1. The third-order valence-electron chi connectivity index (χ3n) is 5.64. The van der Waals surface area contributed by atoms with E-state index in [9.17, 15) is 9.65 Å². The van der Waals surface area contributed by atoms with Crippen LogP contribution in [0.2, 0.25) is 0 Å². The van der Waals surface area contributed by atoms with Gasteiger partial charge in [-0.05, 0) is 66.6 Å². The van der Waals surface area contributed by atoms with E-state index in [-0.39, 0.29) is 18.2 Å². The summed E-state index contributed by atoms with van der Waals surface area (Å²) in [6.45, 7) is 1.86. The van der Waals surface area contributed by atoms with Crippen LogP contribution >= 0.6 is 23.7 Å². The highest BCUT2D eigenvalue weighted by atomic mass is 35.5. The number of rotatable bonds is 4. The van der Waals surface area contributed by atoms with Crippen molar-refractivity contribution in [2.45, 2.75) is 6.42 Å². The minimum Gasteiger partial charge on any atom is -0.320 e. The Hall–Kier alpha value is -3.31. The van der Waals surface area contributed by atoms with Crippen molar-refractivity contribution in [1.29, 1.82) is 5.26 Å². The van der Waals surface area contributed by atoms with E-state index in [4.69, 9.17) is 4.98 Å². The Morgan fingerprint density at radius 1 is 1.12 bits per heavy atom. The molecule has 8 heteroatoms. The molecule has 3 heterocycles. The van der Waals surface area contributed by atoms with Crippen molar-refractivity contribution >= 4 is 51.0 Å². The number of pyridine rings is 1. The maximum absolute atomic E-state index is 13.4. The van der Waals surface area contributed by atoms with E-state index in [1.807, 2.05) is 18.0 Å². The van der Waals surface area contributed by atoms with Crippen LogP contribution in [0, 0.1) is 17.1 Å². The Morgan fingerprint density at radius 3 is 2.64 bits per heavy atom. The summed E-state index contributed by atoms with van der Waals surface area (Å²) in [5.74, 6) is -0.317. The van der Waals surface area contributed by atoms with E-state index in [0.717, 1.165) is 41.7 Å². The molecule has 33 heavy (non-hydrogen) atoms. The third-order valence-corrected chi connectivity index (χ3v) is 6.67. The van der Waals surface area contributed by atoms with Gasteiger partial charge in [0.05, 0.1) is 11.2 Å². The van der Waals surface area contributed by atoms with Gasteiger partial charge >= 0.3 is 0 Å². The molecule has 0 spiro atoms. The number of nitriles is 1. The molecule has 1 aliphatic rings. The first-order chi connectivity index (χ1) is 15.6. The lowest BCUT2D eigenvalue weighted by molar-refractivity contribution is 0.628. The number of fused-ring (bicyclic) bond motifs is 1. The summed E-state index contributed by atoms with van der Waals surface area (Å²) >= 11 is 1.32. The topological polar surface area (TPSA) is 64.8 Å². The number of hydrogen-bond donors (Lipinski definition) is 1. The van der Waals surface area contributed by atoms with E-state index in [1.165, 1.54) is 34.6 Å². The van der Waals surface area contributed by atoms with Gasteiger partial charge in [-0.3, -0.25) is 4.98 Å². The minimum atomic E-state index is -0.317. The number of thiazole rings is 1. The van der Waals surface area contributed by atoms with Gasteiger partial charge in [-0.2, -0.15) is 5.26 Å². The van der Waals surface area contributed by atoms with Crippen molar-refractivity contribution in [3.63, 3.8) is 0 Å². The fourth-order valence-electron chi connectivity index (χ4n) is 3.94. The molecule has 2 aromatic heterocycles. The normalized spacial score (nSPS) is 13.2. The Morgan fingerprint density at radius 2 is 1.91 bits per heavy atom. The largest absolute Gasteiger partial charge is 0.320 e. The molecule has 0 radical (unpaired) electrons. The smallest absolute Gasteiger partial charge is 0.191 e. The van der Waals surface area contributed by atoms with Gasteiger partial charge in [0.1, 0.15) is 22.5 Å². The maximum atomic E-state index is 13.4. The SMILES string of the molecule is CN(c1nc(-c2ccc(F)cc2)c(C#N)s1)c1ccnc2ccc(C3=CCNCC3)cc12.Cl. The molecule has 2 aromatic carbocycles. The summed E-state index contributed by atoms with van der Waals surface area (Å²) < 4.78 is 13.4. The Kier molecular flexibility index (Phi) is 6.70. The van der Waals surface area contributed by atoms with Crippen LogP contribution < -0.4 is 10.2 Å². The molecule has 4 aromatic rings. The first kappa shape index (κ1) is 22.9. The third kappa shape index (κ3) is 4.46. The second-order valence-corrected chi connectivity index (χ2v) is 8.57. The van der Waals surface area contributed by atoms with E-state index in [2.05, 4.69) is 40.6 Å². The average molecular weight is 478 g/mol. The summed E-state index contributed by atoms with van der Waals surface area (Å²) in [4.78, 5) is 11.8. The first-order valence-electron chi connectivity index (χ1n) is 10.3. The summed E-state index contributed by atoms with van der Waals surface area (Å²) in [5, 5.41) is 14.7. The van der Waals surface area contributed by atoms with Gasteiger partial charge in [-0.15, -0.1) is 12.4 Å². The number of benzene rings is 2. The summed E-state index contributed by atoms with van der Waals surface area (Å²) in [7, 11) is 1.94. The highest BCUT2D eigenvalue weighted by Crippen LogP contribution is 2.38. The Bertz CT molecular complexity index is 1370. The van der Waals surface area contributed by atoms with Crippen molar-refractivity contribution in [3.8, 4) is 17.3 Å². The van der Waals surface area contributed by atoms with Crippen molar-refractivity contribution < 1.29 is 4.39 Å². The van der Waals surface area contributed by atoms with E-state index in [0.29, 0.717) is 15.7 Å². The van der Waals surface area contributed by atoms with E-state index >= 15 is 0 Å². The van der Waals surface area contributed by atoms with Crippen molar-refractivity contribution in [2.75, 3.05) is 25.0 Å². The van der Waals surface area contributed by atoms with Gasteiger partial charge in [-0.1, -0.05) is 23.5 Å². The standard InChI is InChI=1S/C25H20FN5S.ClH/c1-31(25-30-24(23(15-27)32-25)17-2-5-19(26)6-3-17)22-10-13-29-21-7-4-18(14-20(21)22)16-8-11-28-12-9-16;/h2-8,10,13-14,28H,9,11-12H2,1H3;1H. The van der Waals surface area contributed by atoms with Gasteiger partial charge in [0.15, 0.2) is 5.13 Å². The summed E-state index contributed by atoms with van der Waals surface area (Å²) in [5.41, 5.74) is 5.70. The Balaban J connectivity index is 0.00000259. The highest BCUT2D eigenvalue weighted by molar-refractivity contribution is 7.16. The number of nitrogens with zero attached hydrogens (tertiary/aromatic N) is 4. The average Bonchev–Trinajstić information content (AvgIpc) is 3.28. The molecule has 5 nitrogen and oxygen atoms in total. The van der Waals surface area contributed by atoms with Crippen molar-refractivity contribution in [2.24, 2.45) is 0 Å². The zero-order valence-corrected chi connectivity index (χ0v) is 19.5. The highest BCUT2D eigenvalue weighted by Gasteiger charge is 2.19. The van der Waals surface area contributed by atoms with Gasteiger partial charge in [-0.25, -0.2) is 9.37 Å². The molecular formula is C25H21ClFN5S. The quantitative estimate of drug-likeness (QED) is 0.394. The van der Waals surface area contributed by atoms with Gasteiger partial charge in [0.25, 0.3) is 0 Å². The lowest BCUT2D eigenvalue weighted by Crippen LogP contribution is -2.20. The van der Waals surface area contributed by atoms with Crippen LogP contribution in [-0.4, -0.2) is 30.1 Å². The fraction of sp³-hybridized carbons (Fsp3) is 0.160. The van der Waals surface area contributed by atoms with Gasteiger partial charge in [0, 0.05) is 30.7 Å². The fourth-order valence-corrected chi connectivity index (χ4v) is 4.80. The molecule has 1 aliphatic heterocycles. The van der Waals surface area contributed by atoms with Crippen LogP contribution in [0.3, 0.4) is 0 Å². The molecule has 0 bridgehead atoms. The number of aromatic nitrogens is 2. The lowest BCUT2D eigenvalue weighted by atomic mass is 9.98. The number of nitrogens with one attached hydrogen (secondary N) is 1. The molecule has 0 aliphatic carbocycles. The van der Waals surface area contributed by atoms with Gasteiger partial charge in [0.2, 0.25) is 0 Å². The molecule has 0 unspecified atom stereocenters. The monoisotopic (exact) mass is 477 g/mol. The predicted octanol–water partition coefficient (Wildman–Crippen LogP) is 5.94. The van der Waals surface area contributed by atoms with Crippen LogP contribution in [0.25, 0.3) is 27.7 Å². The van der Waals surface area contributed by atoms with Crippen LogP contribution in [0.5, 0.6) is 0 Å². The van der Waals surface area contributed by atoms with Crippen LogP contribution in [0.15, 0.2) is 60.8 Å². The molecule has 0 saturated carbocycles. The van der Waals surface area contributed by atoms with E-state index in [1.54, 1.807) is 18.3 Å².